The maximum atomic E-state index is 13.1. The normalized spacial score (nSPS) is 17.5. The number of allylic oxidation sites excluding steroid dienone is 4. The van der Waals surface area contributed by atoms with E-state index in [9.17, 15) is 24.0 Å². The molecule has 1 aliphatic heterocycles. The highest BCUT2D eigenvalue weighted by atomic mass is 35.6. The molecule has 17 heteroatoms. The van der Waals surface area contributed by atoms with Gasteiger partial charge < -0.3 is 29.7 Å². The molecule has 1 fully saturated rings. The van der Waals surface area contributed by atoms with Crippen molar-refractivity contribution in [2.75, 3.05) is 19.8 Å². The number of amides is 3. The monoisotopic (exact) mass is 765 g/mol. The minimum Gasteiger partial charge on any atom is -0.460 e. The topological polar surface area (TPSA) is 174 Å². The molecule has 0 unspecified atom stereocenters. The Morgan fingerprint density at radius 2 is 1.70 bits per heavy atom. The van der Waals surface area contributed by atoms with Crippen molar-refractivity contribution in [1.82, 2.24) is 21.1 Å². The van der Waals surface area contributed by atoms with Crippen LogP contribution in [0.1, 0.15) is 74.1 Å². The number of oxime groups is 1. The van der Waals surface area contributed by atoms with E-state index in [1.54, 1.807) is 71.9 Å². The fraction of sp³-hybridized carbons (Fsp3) is 0.636. The summed E-state index contributed by atoms with van der Waals surface area (Å²) in [5, 5.41) is 10.6. The smallest absolute Gasteiger partial charge is 0.408 e. The first-order valence-corrected chi connectivity index (χ1v) is 17.3. The van der Waals surface area contributed by atoms with Crippen LogP contribution in [-0.2, 0) is 38.2 Å². The average Bonchev–Trinajstić information content (AvgIpc) is 3.01. The number of ether oxygens (including phenoxy) is 3. The Kier molecular flexibility index (Phi) is 19.5. The second-order valence-electron chi connectivity index (χ2n) is 12.7. The van der Waals surface area contributed by atoms with Gasteiger partial charge in [0, 0.05) is 13.0 Å². The van der Waals surface area contributed by atoms with Gasteiger partial charge in [-0.15, -0.1) is 0 Å². The minimum absolute atomic E-state index is 0.0417. The fourth-order valence-electron chi connectivity index (χ4n) is 4.16. The number of alkyl carbamates (subject to hydrolysis) is 1. The van der Waals surface area contributed by atoms with Crippen molar-refractivity contribution in [3.05, 3.63) is 37.0 Å². The third kappa shape index (κ3) is 18.6. The van der Waals surface area contributed by atoms with E-state index in [0.717, 1.165) is 0 Å². The van der Waals surface area contributed by atoms with Crippen molar-refractivity contribution >= 4 is 70.4 Å². The number of carbonyl (C=O) groups is 5. The van der Waals surface area contributed by atoms with Crippen LogP contribution in [0.15, 0.2) is 42.1 Å². The number of halogens is 3. The Morgan fingerprint density at radius 1 is 1.02 bits per heavy atom. The van der Waals surface area contributed by atoms with Crippen LogP contribution < -0.4 is 16.1 Å². The average molecular weight is 767 g/mol. The standard InChI is InChI=1S/C33H50Cl3N5O9/c1-9-10-11-12-15-24(22(4)38-31(46)50-32(6,7)8)40-48-19-14-17-26(42)49-27(21(2)3)28(43)37-23(5)29(44)41-18-13-16-25(39-41)30(45)47-20-33(34,35)36/h9-12,15,21-23,25,27,39H,1,13-14,16-20H2,2-8H3,(H,37,43)(H,38,46)/b11-10+,15-12-,40-24+/t22-,23+,25+,27+/m1/s1. The number of hydrogen-bond donors (Lipinski definition) is 3. The van der Waals surface area contributed by atoms with E-state index in [2.05, 4.69) is 27.8 Å². The summed E-state index contributed by atoms with van der Waals surface area (Å²) in [4.78, 5) is 68.8. The molecule has 0 aliphatic carbocycles. The van der Waals surface area contributed by atoms with Crippen molar-refractivity contribution in [3.63, 3.8) is 0 Å². The highest BCUT2D eigenvalue weighted by Gasteiger charge is 2.34. The molecule has 3 N–H and O–H groups in total. The number of alkyl halides is 3. The molecule has 0 aromatic carbocycles. The lowest BCUT2D eigenvalue weighted by Gasteiger charge is -2.34. The zero-order chi connectivity index (χ0) is 38.1. The number of nitrogens with one attached hydrogen (secondary N) is 3. The van der Waals surface area contributed by atoms with E-state index in [1.807, 2.05) is 0 Å². The molecular weight excluding hydrogens is 717 g/mol. The van der Waals surface area contributed by atoms with Crippen molar-refractivity contribution < 1.29 is 43.0 Å². The van der Waals surface area contributed by atoms with Crippen molar-refractivity contribution in [2.24, 2.45) is 11.1 Å². The van der Waals surface area contributed by atoms with Gasteiger partial charge in [0.25, 0.3) is 11.8 Å². The molecule has 0 bridgehead atoms. The van der Waals surface area contributed by atoms with E-state index in [1.165, 1.54) is 11.9 Å². The quantitative estimate of drug-likeness (QED) is 0.0354. The van der Waals surface area contributed by atoms with Gasteiger partial charge in [0.1, 0.15) is 36.6 Å². The van der Waals surface area contributed by atoms with Crippen LogP contribution in [0.3, 0.4) is 0 Å². The predicted molar refractivity (Wildman–Crippen MR) is 191 cm³/mol. The molecule has 0 saturated carbocycles. The van der Waals surface area contributed by atoms with Crippen LogP contribution in [0.2, 0.25) is 0 Å². The Morgan fingerprint density at radius 3 is 2.30 bits per heavy atom. The number of nitrogens with zero attached hydrogens (tertiary/aromatic N) is 2. The van der Waals surface area contributed by atoms with Gasteiger partial charge in [-0.1, -0.05) is 84.7 Å². The third-order valence-corrected chi connectivity index (χ3v) is 6.88. The Labute approximate surface area is 309 Å². The molecular formula is C33H50Cl3N5O9. The summed E-state index contributed by atoms with van der Waals surface area (Å²) in [7, 11) is 0. The van der Waals surface area contributed by atoms with Crippen LogP contribution in [0, 0.1) is 5.92 Å². The zero-order valence-electron chi connectivity index (χ0n) is 29.6. The summed E-state index contributed by atoms with van der Waals surface area (Å²) in [6, 6.07) is -2.42. The summed E-state index contributed by atoms with van der Waals surface area (Å²) in [5.74, 6) is -2.90. The van der Waals surface area contributed by atoms with E-state index in [-0.39, 0.29) is 26.0 Å². The zero-order valence-corrected chi connectivity index (χ0v) is 31.9. The van der Waals surface area contributed by atoms with Crippen LogP contribution in [-0.4, -0.2) is 93.9 Å². The third-order valence-electron chi connectivity index (χ3n) is 6.56. The fourth-order valence-corrected chi connectivity index (χ4v) is 4.33. The van der Waals surface area contributed by atoms with Crippen molar-refractivity contribution in [3.8, 4) is 0 Å². The van der Waals surface area contributed by atoms with Crippen LogP contribution >= 0.6 is 34.8 Å². The maximum Gasteiger partial charge on any atom is 0.408 e. The first kappa shape index (κ1) is 44.7. The van der Waals surface area contributed by atoms with Crippen LogP contribution in [0.5, 0.6) is 0 Å². The first-order chi connectivity index (χ1) is 23.2. The number of esters is 2. The second kappa shape index (κ2) is 21.8. The van der Waals surface area contributed by atoms with E-state index in [0.29, 0.717) is 18.6 Å². The predicted octanol–water partition coefficient (Wildman–Crippen LogP) is 4.83. The van der Waals surface area contributed by atoms with E-state index >= 15 is 0 Å². The summed E-state index contributed by atoms with van der Waals surface area (Å²) >= 11 is 16.9. The SMILES string of the molecule is C=C/C=C/C=C\C(=N/OCCCC(=O)O[C@H](C(=O)N[C@@H](C)C(=O)N1CCC[C@@H](C(=O)OCC(Cl)(Cl)Cl)N1)C(C)C)[C@@H](C)NC(=O)OC(C)(C)C. The Balaban J connectivity index is 2.70. The highest BCUT2D eigenvalue weighted by Crippen LogP contribution is 2.26. The largest absolute Gasteiger partial charge is 0.460 e. The second-order valence-corrected chi connectivity index (χ2v) is 15.2. The van der Waals surface area contributed by atoms with Crippen LogP contribution in [0.25, 0.3) is 0 Å². The number of rotatable bonds is 17. The molecule has 3 amide bonds. The minimum atomic E-state index is -1.77. The van der Waals surface area contributed by atoms with Gasteiger partial charge in [-0.2, -0.15) is 0 Å². The molecule has 1 heterocycles. The molecule has 0 aromatic heterocycles. The molecule has 0 aromatic rings. The maximum absolute atomic E-state index is 13.1. The first-order valence-electron chi connectivity index (χ1n) is 16.2. The molecule has 14 nitrogen and oxygen atoms in total. The molecule has 0 radical (unpaired) electrons. The highest BCUT2D eigenvalue weighted by molar-refractivity contribution is 6.67. The number of hydrogen-bond acceptors (Lipinski definition) is 11. The lowest BCUT2D eigenvalue weighted by atomic mass is 10.1. The summed E-state index contributed by atoms with van der Waals surface area (Å²) < 4.78 is 14.0. The number of hydrazine groups is 1. The van der Waals surface area contributed by atoms with E-state index in [4.69, 9.17) is 53.9 Å². The Hall–Kier alpha value is -3.33. The van der Waals surface area contributed by atoms with Gasteiger partial charge in [-0.25, -0.2) is 10.2 Å². The van der Waals surface area contributed by atoms with E-state index < -0.39 is 76.0 Å². The van der Waals surface area contributed by atoms with Crippen LogP contribution in [0.4, 0.5) is 4.79 Å². The summed E-state index contributed by atoms with van der Waals surface area (Å²) in [5.41, 5.74) is 2.51. The number of carbonyl (C=O) groups excluding carboxylic acids is 5. The molecule has 4 atom stereocenters. The van der Waals surface area contributed by atoms with Gasteiger partial charge in [0.05, 0.1) is 6.04 Å². The van der Waals surface area contributed by atoms with Gasteiger partial charge >= 0.3 is 18.0 Å². The molecule has 0 spiro atoms. The Bertz CT molecular complexity index is 1260. The summed E-state index contributed by atoms with van der Waals surface area (Å²) in [6.07, 6.45) is 7.64. The molecule has 1 saturated heterocycles. The van der Waals surface area contributed by atoms with Crippen molar-refractivity contribution in [2.45, 2.75) is 108 Å². The molecule has 50 heavy (non-hydrogen) atoms. The summed E-state index contributed by atoms with van der Waals surface area (Å²) in [6.45, 7) is 15.3. The van der Waals surface area contributed by atoms with Gasteiger partial charge in [0.2, 0.25) is 3.79 Å². The van der Waals surface area contributed by atoms with Crippen molar-refractivity contribution in [1.29, 1.82) is 0 Å². The van der Waals surface area contributed by atoms with Gasteiger partial charge in [0.15, 0.2) is 6.10 Å². The lowest BCUT2D eigenvalue weighted by Crippen LogP contribution is -2.60. The molecule has 282 valence electrons. The van der Waals surface area contributed by atoms with Gasteiger partial charge in [-0.3, -0.25) is 24.2 Å². The molecule has 1 aliphatic rings. The van der Waals surface area contributed by atoms with Gasteiger partial charge in [-0.05, 0) is 65.9 Å². The molecule has 1 rings (SSSR count). The lowest BCUT2D eigenvalue weighted by molar-refractivity contribution is -0.159.